The number of hydrogen-bond donors (Lipinski definition) is 1. The first kappa shape index (κ1) is 16.3. The van der Waals surface area contributed by atoms with Crippen LogP contribution in [-0.2, 0) is 14.8 Å². The molecule has 21 heavy (non-hydrogen) atoms. The van der Waals surface area contributed by atoms with Crippen molar-refractivity contribution in [3.63, 3.8) is 0 Å². The van der Waals surface area contributed by atoms with Gasteiger partial charge < -0.3 is 4.74 Å². The summed E-state index contributed by atoms with van der Waals surface area (Å²) in [6.07, 6.45) is 0. The number of ether oxygens (including phenoxy) is 1. The van der Waals surface area contributed by atoms with Gasteiger partial charge in [-0.3, -0.25) is 4.72 Å². The summed E-state index contributed by atoms with van der Waals surface area (Å²) in [4.78, 5) is 11.7. The van der Waals surface area contributed by atoms with Crippen molar-refractivity contribution in [1.82, 2.24) is 0 Å². The molecule has 0 amide bonds. The van der Waals surface area contributed by atoms with Crippen LogP contribution in [-0.4, -0.2) is 21.5 Å². The third kappa shape index (κ3) is 3.57. The first-order valence-electron chi connectivity index (χ1n) is 5.49. The zero-order valence-electron chi connectivity index (χ0n) is 10.6. The van der Waals surface area contributed by atoms with E-state index in [4.69, 9.17) is 11.6 Å². The van der Waals surface area contributed by atoms with Crippen molar-refractivity contribution in [2.75, 3.05) is 11.8 Å². The molecule has 0 fully saturated rings. The van der Waals surface area contributed by atoms with E-state index in [-0.39, 0.29) is 20.5 Å². The van der Waals surface area contributed by atoms with Crippen LogP contribution in [0.1, 0.15) is 9.67 Å². The minimum Gasteiger partial charge on any atom is -0.465 e. The minimum absolute atomic E-state index is 0.0746. The van der Waals surface area contributed by atoms with Crippen LogP contribution < -0.4 is 4.72 Å². The summed E-state index contributed by atoms with van der Waals surface area (Å²) in [5.41, 5.74) is 0.158. The van der Waals surface area contributed by atoms with E-state index in [1.807, 2.05) is 0 Å². The normalized spacial score (nSPS) is 11.2. The number of sulfonamides is 1. The predicted octanol–water partition coefficient (Wildman–Crippen LogP) is 3.75. The quantitative estimate of drug-likeness (QED) is 0.779. The molecule has 0 atom stereocenters. The van der Waals surface area contributed by atoms with E-state index in [1.54, 1.807) is 11.4 Å². The molecule has 1 aromatic carbocycles. The molecule has 2 rings (SSSR count). The molecule has 0 unspecified atom stereocenters. The van der Waals surface area contributed by atoms with E-state index in [1.165, 1.54) is 25.3 Å². The van der Waals surface area contributed by atoms with Crippen molar-refractivity contribution in [3.8, 4) is 0 Å². The lowest BCUT2D eigenvalue weighted by molar-refractivity contribution is 0.0607. The molecule has 0 saturated carbocycles. The number of hydrogen-bond acceptors (Lipinski definition) is 5. The van der Waals surface area contributed by atoms with E-state index < -0.39 is 16.0 Å². The lowest BCUT2D eigenvalue weighted by Crippen LogP contribution is -2.15. The van der Waals surface area contributed by atoms with Crippen LogP contribution in [0.3, 0.4) is 0 Å². The van der Waals surface area contributed by atoms with Gasteiger partial charge in [0.25, 0.3) is 10.0 Å². The Morgan fingerprint density at radius 1 is 1.38 bits per heavy atom. The van der Waals surface area contributed by atoms with Crippen LogP contribution >= 0.6 is 38.9 Å². The number of benzene rings is 1. The van der Waals surface area contributed by atoms with Gasteiger partial charge in [0.05, 0.1) is 17.8 Å². The lowest BCUT2D eigenvalue weighted by atomic mass is 10.4. The second kappa shape index (κ2) is 6.35. The number of carbonyl (C=O) groups is 1. The Morgan fingerprint density at radius 2 is 2.10 bits per heavy atom. The molecule has 0 radical (unpaired) electrons. The van der Waals surface area contributed by atoms with Gasteiger partial charge in [-0.15, -0.1) is 11.3 Å². The average molecular weight is 411 g/mol. The third-order valence-electron chi connectivity index (χ3n) is 2.46. The van der Waals surface area contributed by atoms with Gasteiger partial charge in [0.2, 0.25) is 0 Å². The highest BCUT2D eigenvalue weighted by Gasteiger charge is 2.22. The van der Waals surface area contributed by atoms with Gasteiger partial charge in [0.1, 0.15) is 9.77 Å². The highest BCUT2D eigenvalue weighted by Crippen LogP contribution is 2.29. The molecule has 1 heterocycles. The van der Waals surface area contributed by atoms with Crippen molar-refractivity contribution in [2.45, 2.75) is 4.90 Å². The Kier molecular flexibility index (Phi) is 4.92. The van der Waals surface area contributed by atoms with Crippen LogP contribution in [0.4, 0.5) is 5.69 Å². The number of esters is 1. The Morgan fingerprint density at radius 3 is 2.71 bits per heavy atom. The molecule has 0 aliphatic carbocycles. The molecule has 112 valence electrons. The van der Waals surface area contributed by atoms with Gasteiger partial charge in [0.15, 0.2) is 0 Å². The maximum Gasteiger partial charge on any atom is 0.350 e. The van der Waals surface area contributed by atoms with Crippen molar-refractivity contribution < 1.29 is 17.9 Å². The second-order valence-electron chi connectivity index (χ2n) is 3.84. The highest BCUT2D eigenvalue weighted by atomic mass is 79.9. The maximum absolute atomic E-state index is 12.3. The summed E-state index contributed by atoms with van der Waals surface area (Å²) in [6, 6.07) is 5.90. The predicted molar refractivity (Wildman–Crippen MR) is 85.6 cm³/mol. The molecular formula is C12H9BrClNO4S2. The molecule has 2 aromatic rings. The largest absolute Gasteiger partial charge is 0.465 e. The zero-order chi connectivity index (χ0) is 15.6. The van der Waals surface area contributed by atoms with Crippen molar-refractivity contribution in [3.05, 3.63) is 44.0 Å². The van der Waals surface area contributed by atoms with Crippen molar-refractivity contribution in [1.29, 1.82) is 0 Å². The summed E-state index contributed by atoms with van der Waals surface area (Å²) >= 11 is 10.2. The number of nitrogens with one attached hydrogen (secondary N) is 1. The first-order chi connectivity index (χ1) is 9.85. The fraction of sp³-hybridized carbons (Fsp3) is 0.0833. The third-order valence-corrected chi connectivity index (χ3v) is 5.70. The van der Waals surface area contributed by atoms with E-state index >= 15 is 0 Å². The fourth-order valence-electron chi connectivity index (χ4n) is 1.53. The Bertz CT molecular complexity index is 788. The SMILES string of the molecule is COC(=O)c1sccc1NS(=O)(=O)c1ccc(Br)cc1Cl. The first-order valence-corrected chi connectivity index (χ1v) is 9.02. The van der Waals surface area contributed by atoms with Gasteiger partial charge in [-0.1, -0.05) is 27.5 Å². The molecule has 0 aliphatic heterocycles. The smallest absolute Gasteiger partial charge is 0.350 e. The van der Waals surface area contributed by atoms with Crippen molar-refractivity contribution in [2.24, 2.45) is 0 Å². The van der Waals surface area contributed by atoms with Crippen LogP contribution in [0.15, 0.2) is 39.0 Å². The standard InChI is InChI=1S/C12H9BrClNO4S2/c1-19-12(16)11-9(4-5-20-11)15-21(17,18)10-3-2-7(13)6-8(10)14/h2-6,15H,1H3. The number of thiophene rings is 1. The zero-order valence-corrected chi connectivity index (χ0v) is 14.6. The maximum atomic E-state index is 12.3. The molecule has 1 N–H and O–H groups in total. The summed E-state index contributed by atoms with van der Waals surface area (Å²) in [7, 11) is -2.67. The molecule has 5 nitrogen and oxygen atoms in total. The number of methoxy groups -OCH3 is 1. The minimum atomic E-state index is -3.90. The van der Waals surface area contributed by atoms with Gasteiger partial charge in [-0.2, -0.15) is 0 Å². The van der Waals surface area contributed by atoms with E-state index in [2.05, 4.69) is 25.4 Å². The molecule has 0 spiro atoms. The summed E-state index contributed by atoms with van der Waals surface area (Å²) < 4.78 is 32.3. The van der Waals surface area contributed by atoms with Gasteiger partial charge in [0, 0.05) is 4.47 Å². The number of carbonyl (C=O) groups excluding carboxylic acids is 1. The van der Waals surface area contributed by atoms with Crippen LogP contribution in [0.25, 0.3) is 0 Å². The highest BCUT2D eigenvalue weighted by molar-refractivity contribution is 9.10. The van der Waals surface area contributed by atoms with E-state index in [0.717, 1.165) is 11.3 Å². The van der Waals surface area contributed by atoms with Gasteiger partial charge in [-0.25, -0.2) is 13.2 Å². The molecule has 0 saturated heterocycles. The topological polar surface area (TPSA) is 72.5 Å². The van der Waals surface area contributed by atoms with E-state index in [0.29, 0.717) is 4.47 Å². The van der Waals surface area contributed by atoms with Crippen LogP contribution in [0.2, 0.25) is 5.02 Å². The Labute approximate surface area is 139 Å². The number of anilines is 1. The molecule has 1 aromatic heterocycles. The fourth-order valence-corrected chi connectivity index (χ4v) is 4.47. The van der Waals surface area contributed by atoms with Crippen LogP contribution in [0.5, 0.6) is 0 Å². The molecule has 0 aliphatic rings. The summed E-state index contributed by atoms with van der Waals surface area (Å²) in [6.45, 7) is 0. The molecule has 0 bridgehead atoms. The summed E-state index contributed by atoms with van der Waals surface area (Å²) in [5.74, 6) is -0.607. The molecule has 9 heteroatoms. The molecular weight excluding hydrogens is 402 g/mol. The Hall–Kier alpha value is -1.09. The van der Waals surface area contributed by atoms with Gasteiger partial charge in [-0.05, 0) is 29.6 Å². The van der Waals surface area contributed by atoms with E-state index in [9.17, 15) is 13.2 Å². The Balaban J connectivity index is 2.38. The van der Waals surface area contributed by atoms with Gasteiger partial charge >= 0.3 is 5.97 Å². The van der Waals surface area contributed by atoms with Crippen molar-refractivity contribution >= 4 is 60.5 Å². The average Bonchev–Trinajstić information content (AvgIpc) is 2.84. The summed E-state index contributed by atoms with van der Waals surface area (Å²) in [5, 5.41) is 1.67. The number of rotatable bonds is 4. The second-order valence-corrected chi connectivity index (χ2v) is 7.73. The monoisotopic (exact) mass is 409 g/mol. The van der Waals surface area contributed by atoms with Crippen LogP contribution in [0, 0.1) is 0 Å². The lowest BCUT2D eigenvalue weighted by Gasteiger charge is -2.09. The number of halogens is 2.